The molecule has 116 valence electrons. The van der Waals surface area contributed by atoms with Gasteiger partial charge in [-0.15, -0.1) is 0 Å². The second-order valence-corrected chi connectivity index (χ2v) is 9.18. The second-order valence-electron chi connectivity index (χ2n) is 9.18. The van der Waals surface area contributed by atoms with Gasteiger partial charge < -0.3 is 10.5 Å². The van der Waals surface area contributed by atoms with Crippen molar-refractivity contribution in [3.63, 3.8) is 0 Å². The first-order chi connectivity index (χ1) is 9.18. The highest BCUT2D eigenvalue weighted by Gasteiger charge is 2.62. The molecule has 0 aromatic carbocycles. The van der Waals surface area contributed by atoms with Gasteiger partial charge in [-0.3, -0.25) is 0 Å². The maximum absolute atomic E-state index is 6.65. The van der Waals surface area contributed by atoms with E-state index in [1.807, 2.05) is 0 Å². The minimum absolute atomic E-state index is 0.196. The van der Waals surface area contributed by atoms with E-state index in [0.717, 1.165) is 12.3 Å². The molecule has 20 heavy (non-hydrogen) atoms. The van der Waals surface area contributed by atoms with E-state index in [1.165, 1.54) is 32.1 Å². The Labute approximate surface area is 124 Å². The van der Waals surface area contributed by atoms with Gasteiger partial charge in [-0.2, -0.15) is 0 Å². The van der Waals surface area contributed by atoms with Crippen molar-refractivity contribution >= 4 is 0 Å². The van der Waals surface area contributed by atoms with Crippen molar-refractivity contribution in [1.82, 2.24) is 0 Å². The Hall–Kier alpha value is -0.0800. The number of nitrogens with two attached hydrogens (primary N) is 1. The van der Waals surface area contributed by atoms with Gasteiger partial charge in [0, 0.05) is 6.04 Å². The van der Waals surface area contributed by atoms with Gasteiger partial charge in [0.15, 0.2) is 0 Å². The monoisotopic (exact) mass is 279 g/mol. The Morgan fingerprint density at radius 1 is 1.00 bits per heavy atom. The minimum atomic E-state index is 0.196. The summed E-state index contributed by atoms with van der Waals surface area (Å²) in [6.07, 6.45) is 8.35. The molecule has 3 rings (SSSR count). The third kappa shape index (κ3) is 1.90. The number of fused-ring (bicyclic) bond motifs is 2. The Bertz CT molecular complexity index is 389. The van der Waals surface area contributed by atoms with Crippen LogP contribution in [0.15, 0.2) is 0 Å². The van der Waals surface area contributed by atoms with Crippen LogP contribution in [0.4, 0.5) is 0 Å². The number of hydrogen-bond acceptors (Lipinski definition) is 2. The van der Waals surface area contributed by atoms with Gasteiger partial charge in [0.05, 0.1) is 12.2 Å². The molecule has 0 aromatic heterocycles. The molecule has 0 spiro atoms. The van der Waals surface area contributed by atoms with Gasteiger partial charge in [-0.1, -0.05) is 41.0 Å². The Balaban J connectivity index is 1.74. The van der Waals surface area contributed by atoms with E-state index in [9.17, 15) is 0 Å². The van der Waals surface area contributed by atoms with Gasteiger partial charge in [-0.05, 0) is 54.3 Å². The van der Waals surface area contributed by atoms with Crippen LogP contribution in [0.3, 0.4) is 0 Å². The molecular weight excluding hydrogens is 246 g/mol. The fraction of sp³-hybridized carbons (Fsp3) is 1.00. The fourth-order valence-corrected chi connectivity index (χ4v) is 5.31. The van der Waals surface area contributed by atoms with E-state index in [4.69, 9.17) is 10.5 Å². The van der Waals surface area contributed by atoms with Crippen LogP contribution in [0.2, 0.25) is 0 Å². The van der Waals surface area contributed by atoms with Crippen molar-refractivity contribution in [3.8, 4) is 0 Å². The Morgan fingerprint density at radius 2 is 1.70 bits per heavy atom. The van der Waals surface area contributed by atoms with Crippen molar-refractivity contribution in [2.45, 2.75) is 91.4 Å². The zero-order chi connectivity index (χ0) is 14.8. The largest absolute Gasteiger partial charge is 0.373 e. The van der Waals surface area contributed by atoms with Crippen molar-refractivity contribution in [3.05, 3.63) is 0 Å². The van der Waals surface area contributed by atoms with Crippen LogP contribution in [0, 0.1) is 22.2 Å². The van der Waals surface area contributed by atoms with E-state index >= 15 is 0 Å². The summed E-state index contributed by atoms with van der Waals surface area (Å²) in [6, 6.07) is 0.196. The van der Waals surface area contributed by atoms with E-state index in [-0.39, 0.29) is 17.6 Å². The summed E-state index contributed by atoms with van der Waals surface area (Å²) >= 11 is 0. The summed E-state index contributed by atoms with van der Waals surface area (Å²) in [6.45, 7) is 12.0. The van der Waals surface area contributed by atoms with Gasteiger partial charge >= 0.3 is 0 Å². The first-order valence-corrected chi connectivity index (χ1v) is 8.59. The molecule has 0 aliphatic heterocycles. The van der Waals surface area contributed by atoms with Crippen LogP contribution in [0.5, 0.6) is 0 Å². The van der Waals surface area contributed by atoms with Crippen LogP contribution in [-0.2, 0) is 4.74 Å². The summed E-state index contributed by atoms with van der Waals surface area (Å²) in [4.78, 5) is 0. The SMILES string of the molecule is CC1(C)CCCC(OC2CC3CCC2(C)C3(C)C)C1N. The fourth-order valence-electron chi connectivity index (χ4n) is 5.31. The van der Waals surface area contributed by atoms with Crippen LogP contribution in [-0.4, -0.2) is 18.2 Å². The average Bonchev–Trinajstić information content (AvgIpc) is 2.68. The predicted octanol–water partition coefficient (Wildman–Crippen LogP) is 4.12. The molecule has 3 aliphatic rings. The van der Waals surface area contributed by atoms with Gasteiger partial charge in [-0.25, -0.2) is 0 Å². The maximum Gasteiger partial charge on any atom is 0.0735 e. The molecule has 0 amide bonds. The van der Waals surface area contributed by atoms with E-state index in [1.54, 1.807) is 0 Å². The zero-order valence-electron chi connectivity index (χ0n) is 14.0. The van der Waals surface area contributed by atoms with Gasteiger partial charge in [0.1, 0.15) is 0 Å². The van der Waals surface area contributed by atoms with Crippen LogP contribution < -0.4 is 5.73 Å². The molecule has 0 heterocycles. The first kappa shape index (κ1) is 14.8. The summed E-state index contributed by atoms with van der Waals surface area (Å²) in [5.41, 5.74) is 7.55. The molecule has 2 bridgehead atoms. The molecule has 0 aromatic rings. The standard InChI is InChI=1S/C18H33NO/c1-16(2)9-6-7-13(15(16)19)20-14-11-12-8-10-18(14,5)17(12,3)4/h12-15H,6-11,19H2,1-5H3. The smallest absolute Gasteiger partial charge is 0.0735 e. The average molecular weight is 279 g/mol. The lowest BCUT2D eigenvalue weighted by molar-refractivity contribution is -0.118. The molecule has 5 atom stereocenters. The lowest BCUT2D eigenvalue weighted by atomic mass is 9.69. The minimum Gasteiger partial charge on any atom is -0.373 e. The molecule has 2 heteroatoms. The Morgan fingerprint density at radius 3 is 2.25 bits per heavy atom. The summed E-state index contributed by atoms with van der Waals surface area (Å²) in [5, 5.41) is 0. The molecule has 3 fully saturated rings. The predicted molar refractivity (Wildman–Crippen MR) is 83.5 cm³/mol. The van der Waals surface area contributed by atoms with E-state index in [0.29, 0.717) is 16.9 Å². The number of hydrogen-bond donors (Lipinski definition) is 1. The van der Waals surface area contributed by atoms with Gasteiger partial charge in [0.2, 0.25) is 0 Å². The molecule has 0 saturated heterocycles. The normalized spacial score (nSPS) is 49.5. The number of ether oxygens (including phenoxy) is 1. The molecule has 0 radical (unpaired) electrons. The van der Waals surface area contributed by atoms with Crippen molar-refractivity contribution in [2.75, 3.05) is 0 Å². The summed E-state index contributed by atoms with van der Waals surface area (Å²) in [5.74, 6) is 0.852. The molecular formula is C18H33NO. The van der Waals surface area contributed by atoms with Crippen molar-refractivity contribution in [1.29, 1.82) is 0 Å². The topological polar surface area (TPSA) is 35.2 Å². The van der Waals surface area contributed by atoms with Gasteiger partial charge in [0.25, 0.3) is 0 Å². The number of rotatable bonds is 2. The zero-order valence-corrected chi connectivity index (χ0v) is 14.0. The quantitative estimate of drug-likeness (QED) is 0.825. The summed E-state index contributed by atoms with van der Waals surface area (Å²) in [7, 11) is 0. The molecule has 2 nitrogen and oxygen atoms in total. The first-order valence-electron chi connectivity index (χ1n) is 8.59. The molecule has 2 N–H and O–H groups in total. The highest BCUT2D eigenvalue weighted by atomic mass is 16.5. The van der Waals surface area contributed by atoms with Crippen molar-refractivity contribution in [2.24, 2.45) is 27.9 Å². The van der Waals surface area contributed by atoms with Crippen LogP contribution in [0.25, 0.3) is 0 Å². The highest BCUT2D eigenvalue weighted by Crippen LogP contribution is 2.66. The van der Waals surface area contributed by atoms with Crippen molar-refractivity contribution < 1.29 is 4.74 Å². The van der Waals surface area contributed by atoms with E-state index < -0.39 is 0 Å². The van der Waals surface area contributed by atoms with E-state index in [2.05, 4.69) is 34.6 Å². The lowest BCUT2D eigenvalue weighted by Gasteiger charge is -2.46. The highest BCUT2D eigenvalue weighted by molar-refractivity contribution is 5.11. The maximum atomic E-state index is 6.65. The Kier molecular flexibility index (Phi) is 3.31. The third-order valence-corrected chi connectivity index (χ3v) is 7.67. The molecule has 3 saturated carbocycles. The summed E-state index contributed by atoms with van der Waals surface area (Å²) < 4.78 is 6.65. The lowest BCUT2D eigenvalue weighted by Crippen LogP contribution is -2.53. The molecule has 3 aliphatic carbocycles. The molecule has 5 unspecified atom stereocenters. The second kappa shape index (κ2) is 4.46. The van der Waals surface area contributed by atoms with Crippen LogP contribution >= 0.6 is 0 Å². The van der Waals surface area contributed by atoms with Crippen LogP contribution in [0.1, 0.15) is 73.1 Å². The third-order valence-electron chi connectivity index (χ3n) is 7.67.